The number of ether oxygens (including phenoxy) is 1. The van der Waals surface area contributed by atoms with Gasteiger partial charge in [0.15, 0.2) is 0 Å². The number of nitrogens with one attached hydrogen (secondary N) is 1. The number of morpholine rings is 1. The van der Waals surface area contributed by atoms with Crippen LogP contribution >= 0.6 is 11.8 Å². The molecular formula is C34H36FN3O2S. The molecule has 212 valence electrons. The zero-order valence-corrected chi connectivity index (χ0v) is 23.9. The van der Waals surface area contributed by atoms with Gasteiger partial charge in [-0.2, -0.15) is 0 Å². The quantitative estimate of drug-likeness (QED) is 0.289. The highest BCUT2D eigenvalue weighted by Crippen LogP contribution is 2.29. The number of carbonyl (C=O) groups is 1. The van der Waals surface area contributed by atoms with E-state index < -0.39 is 0 Å². The highest BCUT2D eigenvalue weighted by molar-refractivity contribution is 8.06. The summed E-state index contributed by atoms with van der Waals surface area (Å²) in [5.74, 6) is -0.0729. The fourth-order valence-electron chi connectivity index (χ4n) is 5.09. The second kappa shape index (κ2) is 14.8. The van der Waals surface area contributed by atoms with Crippen LogP contribution in [0.2, 0.25) is 0 Å². The molecule has 2 aliphatic rings. The number of benzene rings is 3. The zero-order valence-electron chi connectivity index (χ0n) is 23.1. The minimum Gasteiger partial charge on any atom is -0.379 e. The minimum absolute atomic E-state index is 0.107. The number of thioether (sulfide) groups is 1. The second-order valence-corrected chi connectivity index (χ2v) is 11.0. The molecule has 2 aliphatic heterocycles. The van der Waals surface area contributed by atoms with Crippen molar-refractivity contribution in [1.82, 2.24) is 15.1 Å². The molecule has 0 unspecified atom stereocenters. The molecular weight excluding hydrogens is 533 g/mol. The molecule has 1 N–H and O–H groups in total. The summed E-state index contributed by atoms with van der Waals surface area (Å²) in [6.45, 7) is 5.29. The van der Waals surface area contributed by atoms with E-state index in [1.165, 1.54) is 35.0 Å². The van der Waals surface area contributed by atoms with Crippen LogP contribution in [-0.4, -0.2) is 61.8 Å². The summed E-state index contributed by atoms with van der Waals surface area (Å²) in [5, 5.41) is 5.88. The second-order valence-electron chi connectivity index (χ2n) is 10.1. The monoisotopic (exact) mass is 569 g/mol. The molecule has 0 aromatic heterocycles. The van der Waals surface area contributed by atoms with Crippen LogP contribution in [0.3, 0.4) is 0 Å². The number of nitrogens with zero attached hydrogens (tertiary/aromatic N) is 2. The van der Waals surface area contributed by atoms with Gasteiger partial charge >= 0.3 is 6.03 Å². The van der Waals surface area contributed by atoms with Crippen molar-refractivity contribution in [3.63, 3.8) is 0 Å². The van der Waals surface area contributed by atoms with Crippen molar-refractivity contribution in [1.29, 1.82) is 0 Å². The van der Waals surface area contributed by atoms with Crippen molar-refractivity contribution in [2.24, 2.45) is 0 Å². The lowest BCUT2D eigenvalue weighted by Gasteiger charge is -2.31. The van der Waals surface area contributed by atoms with Gasteiger partial charge in [-0.05, 0) is 52.3 Å². The summed E-state index contributed by atoms with van der Waals surface area (Å²) in [4.78, 5) is 18.0. The van der Waals surface area contributed by atoms with Crippen LogP contribution in [0.4, 0.5) is 9.18 Å². The maximum atomic E-state index is 13.7. The van der Waals surface area contributed by atoms with Gasteiger partial charge in [0.2, 0.25) is 0 Å². The normalized spacial score (nSPS) is 15.7. The van der Waals surface area contributed by atoms with E-state index in [2.05, 4.69) is 58.7 Å². The van der Waals surface area contributed by atoms with E-state index in [1.54, 1.807) is 12.1 Å². The topological polar surface area (TPSA) is 44.8 Å². The molecule has 5 rings (SSSR count). The summed E-state index contributed by atoms with van der Waals surface area (Å²) >= 11 is 1.46. The van der Waals surface area contributed by atoms with E-state index in [9.17, 15) is 9.18 Å². The Morgan fingerprint density at radius 1 is 0.927 bits per heavy atom. The molecule has 3 aromatic carbocycles. The minimum atomic E-state index is -0.260. The lowest BCUT2D eigenvalue weighted by Crippen LogP contribution is -2.46. The number of hydrogen-bond donors (Lipinski definition) is 1. The molecule has 1 saturated heterocycles. The number of halogens is 1. The third-order valence-electron chi connectivity index (χ3n) is 7.41. The first-order chi connectivity index (χ1) is 20.2. The zero-order chi connectivity index (χ0) is 28.3. The van der Waals surface area contributed by atoms with Gasteiger partial charge in [-0.15, -0.1) is 0 Å². The molecule has 0 radical (unpaired) electrons. The molecule has 0 atom stereocenters. The predicted molar refractivity (Wildman–Crippen MR) is 166 cm³/mol. The number of carbonyl (C=O) groups excluding carboxylic acids is 1. The molecule has 41 heavy (non-hydrogen) atoms. The SMILES string of the molecule is O=C(NC1=CC=CC(c2ccc(F)cc2)=CS1)N(CCC(c1ccccc1)c1ccccc1)CCN1CCOCC1. The maximum absolute atomic E-state index is 13.7. The van der Waals surface area contributed by atoms with Crippen molar-refractivity contribution in [2.45, 2.75) is 12.3 Å². The van der Waals surface area contributed by atoms with E-state index in [0.29, 0.717) is 13.1 Å². The Morgan fingerprint density at radius 2 is 1.59 bits per heavy atom. The van der Waals surface area contributed by atoms with Gasteiger partial charge in [0.25, 0.3) is 0 Å². The van der Waals surface area contributed by atoms with Crippen molar-refractivity contribution < 1.29 is 13.9 Å². The summed E-state index contributed by atoms with van der Waals surface area (Å²) in [5.41, 5.74) is 4.39. The fourth-order valence-corrected chi connectivity index (χ4v) is 5.86. The van der Waals surface area contributed by atoms with E-state index >= 15 is 0 Å². The Morgan fingerprint density at radius 3 is 2.24 bits per heavy atom. The highest BCUT2D eigenvalue weighted by atomic mass is 32.2. The van der Waals surface area contributed by atoms with E-state index in [1.807, 2.05) is 40.7 Å². The molecule has 0 saturated carbocycles. The van der Waals surface area contributed by atoms with Crippen LogP contribution in [0.15, 0.2) is 114 Å². The van der Waals surface area contributed by atoms with E-state index in [-0.39, 0.29) is 17.8 Å². The Bertz CT molecular complexity index is 1310. The molecule has 0 aliphatic carbocycles. The van der Waals surface area contributed by atoms with E-state index in [4.69, 9.17) is 4.74 Å². The van der Waals surface area contributed by atoms with Crippen molar-refractivity contribution in [3.8, 4) is 0 Å². The maximum Gasteiger partial charge on any atom is 0.322 e. The van der Waals surface area contributed by atoms with Crippen LogP contribution in [0, 0.1) is 5.82 Å². The Hall–Kier alpha value is -3.65. The van der Waals surface area contributed by atoms with Gasteiger partial charge in [0.05, 0.1) is 18.2 Å². The van der Waals surface area contributed by atoms with Gasteiger partial charge in [-0.1, -0.05) is 96.7 Å². The Labute approximate surface area is 246 Å². The molecule has 2 amide bonds. The highest BCUT2D eigenvalue weighted by Gasteiger charge is 2.21. The third kappa shape index (κ3) is 8.43. The number of urea groups is 1. The van der Waals surface area contributed by atoms with Gasteiger partial charge in [-0.25, -0.2) is 9.18 Å². The van der Waals surface area contributed by atoms with Crippen molar-refractivity contribution in [2.75, 3.05) is 45.9 Å². The number of rotatable bonds is 10. The third-order valence-corrected chi connectivity index (χ3v) is 8.28. The first-order valence-electron chi connectivity index (χ1n) is 14.1. The molecule has 2 heterocycles. The molecule has 0 bridgehead atoms. The molecule has 1 fully saturated rings. The molecule has 5 nitrogen and oxygen atoms in total. The average Bonchev–Trinajstić information content (AvgIpc) is 3.26. The summed E-state index contributed by atoms with van der Waals surface area (Å²) in [6.07, 6.45) is 6.61. The van der Waals surface area contributed by atoms with Gasteiger partial charge in [-0.3, -0.25) is 4.90 Å². The number of allylic oxidation sites excluding steroid dienone is 4. The van der Waals surface area contributed by atoms with Gasteiger partial charge in [0.1, 0.15) is 5.82 Å². The predicted octanol–water partition coefficient (Wildman–Crippen LogP) is 6.88. The van der Waals surface area contributed by atoms with Gasteiger partial charge in [0, 0.05) is 38.6 Å². The fraction of sp³-hybridized carbons (Fsp3) is 0.265. The van der Waals surface area contributed by atoms with Crippen LogP contribution in [0.25, 0.3) is 5.57 Å². The van der Waals surface area contributed by atoms with Crippen LogP contribution in [0.5, 0.6) is 0 Å². The van der Waals surface area contributed by atoms with E-state index in [0.717, 1.165) is 55.4 Å². The average molecular weight is 570 g/mol. The lowest BCUT2D eigenvalue weighted by molar-refractivity contribution is 0.0349. The van der Waals surface area contributed by atoms with Crippen LogP contribution in [0.1, 0.15) is 29.0 Å². The molecule has 0 spiro atoms. The van der Waals surface area contributed by atoms with Crippen LogP contribution < -0.4 is 5.32 Å². The standard InChI is InChI=1S/C34H36FN3O2S/c35-31-16-14-27(15-17-31)30-12-7-13-33(41-26-30)36-34(39)38(21-20-37-22-24-40-25-23-37)19-18-32(28-8-3-1-4-9-28)29-10-5-2-6-11-29/h1-17,26,32H,18-25H2,(H,36,39). The van der Waals surface area contributed by atoms with Gasteiger partial charge < -0.3 is 15.0 Å². The summed E-state index contributed by atoms with van der Waals surface area (Å²) in [6, 6.07) is 27.4. The Kier molecular flexibility index (Phi) is 10.4. The smallest absolute Gasteiger partial charge is 0.322 e. The van der Waals surface area contributed by atoms with Crippen LogP contribution in [-0.2, 0) is 4.74 Å². The number of amides is 2. The van der Waals surface area contributed by atoms with Crippen molar-refractivity contribution >= 4 is 23.4 Å². The largest absolute Gasteiger partial charge is 0.379 e. The lowest BCUT2D eigenvalue weighted by atomic mass is 9.88. The summed E-state index contributed by atoms with van der Waals surface area (Å²) in [7, 11) is 0. The molecule has 7 heteroatoms. The number of hydrogen-bond acceptors (Lipinski definition) is 4. The van der Waals surface area contributed by atoms with Crippen molar-refractivity contribution in [3.05, 3.63) is 136 Å². The Balaban J connectivity index is 1.28. The first-order valence-corrected chi connectivity index (χ1v) is 15.0. The summed E-state index contributed by atoms with van der Waals surface area (Å²) < 4.78 is 18.9. The molecule has 3 aromatic rings. The first kappa shape index (κ1) is 28.9.